The molecule has 0 radical (unpaired) electrons. The van der Waals surface area contributed by atoms with Crippen LogP contribution < -0.4 is 9.47 Å². The van der Waals surface area contributed by atoms with Crippen LogP contribution in [-0.2, 0) is 11.3 Å². The minimum absolute atomic E-state index is 0.0267. The summed E-state index contributed by atoms with van der Waals surface area (Å²) in [7, 11) is 2.95. The molecule has 0 saturated heterocycles. The zero-order valence-electron chi connectivity index (χ0n) is 15.9. The highest BCUT2D eigenvalue weighted by Gasteiger charge is 2.22. The Bertz CT molecular complexity index is 967. The van der Waals surface area contributed by atoms with Crippen molar-refractivity contribution in [1.29, 1.82) is 0 Å². The molecule has 8 heteroatoms. The standard InChI is InChI=1S/C20H20N2O6/c1-12-14-5-4-6-16(15(14)8-10-18(12)26-2)21-28-20(23)13-7-9-19(27-3)17(11-13)22(24)25/h7-11H,4-6H2,1-3H3. The average Bonchev–Trinajstić information content (AvgIpc) is 2.71. The summed E-state index contributed by atoms with van der Waals surface area (Å²) in [5.41, 5.74) is 3.49. The third-order valence-corrected chi connectivity index (χ3v) is 4.77. The number of methoxy groups -OCH3 is 2. The van der Waals surface area contributed by atoms with E-state index < -0.39 is 10.9 Å². The van der Waals surface area contributed by atoms with Crippen LogP contribution in [0, 0.1) is 17.0 Å². The Kier molecular flexibility index (Phi) is 5.58. The molecule has 0 saturated carbocycles. The summed E-state index contributed by atoms with van der Waals surface area (Å²) in [6, 6.07) is 7.64. The van der Waals surface area contributed by atoms with Gasteiger partial charge in [0.1, 0.15) is 5.75 Å². The van der Waals surface area contributed by atoms with E-state index in [0.29, 0.717) is 12.1 Å². The minimum atomic E-state index is -0.768. The summed E-state index contributed by atoms with van der Waals surface area (Å²) in [5, 5.41) is 15.2. The molecule has 8 nitrogen and oxygen atoms in total. The summed E-state index contributed by atoms with van der Waals surface area (Å²) in [5.74, 6) is 0.108. The van der Waals surface area contributed by atoms with Crippen molar-refractivity contribution >= 4 is 17.4 Å². The molecule has 0 heterocycles. The van der Waals surface area contributed by atoms with Gasteiger partial charge in [0, 0.05) is 11.6 Å². The maximum absolute atomic E-state index is 12.3. The number of carbonyl (C=O) groups excluding carboxylic acids is 1. The molecular formula is C20H20N2O6. The van der Waals surface area contributed by atoms with Crippen LogP contribution in [0.15, 0.2) is 35.5 Å². The number of benzene rings is 2. The Balaban J connectivity index is 1.86. The molecule has 0 unspecified atom stereocenters. The van der Waals surface area contributed by atoms with Crippen molar-refractivity contribution < 1.29 is 24.0 Å². The Labute approximate surface area is 161 Å². The van der Waals surface area contributed by atoms with E-state index in [1.165, 1.54) is 19.2 Å². The van der Waals surface area contributed by atoms with Gasteiger partial charge in [0.05, 0.1) is 30.4 Å². The molecule has 2 aromatic carbocycles. The fraction of sp³-hybridized carbons (Fsp3) is 0.300. The fourth-order valence-corrected chi connectivity index (χ4v) is 3.32. The van der Waals surface area contributed by atoms with Gasteiger partial charge in [-0.15, -0.1) is 0 Å². The third kappa shape index (κ3) is 3.66. The van der Waals surface area contributed by atoms with Crippen LogP contribution in [0.1, 0.15) is 39.9 Å². The van der Waals surface area contributed by atoms with Gasteiger partial charge in [0.25, 0.3) is 0 Å². The van der Waals surface area contributed by atoms with Crippen LogP contribution in [0.25, 0.3) is 0 Å². The van der Waals surface area contributed by atoms with E-state index in [9.17, 15) is 14.9 Å². The van der Waals surface area contributed by atoms with Crippen molar-refractivity contribution in [3.05, 3.63) is 62.7 Å². The van der Waals surface area contributed by atoms with Gasteiger partial charge in [-0.05, 0) is 61.6 Å². The van der Waals surface area contributed by atoms with Crippen LogP contribution in [0.5, 0.6) is 11.5 Å². The second-order valence-corrected chi connectivity index (χ2v) is 6.33. The van der Waals surface area contributed by atoms with Crippen molar-refractivity contribution in [3.63, 3.8) is 0 Å². The largest absolute Gasteiger partial charge is 0.496 e. The number of ether oxygens (including phenoxy) is 2. The number of carbonyl (C=O) groups is 1. The van der Waals surface area contributed by atoms with Gasteiger partial charge in [-0.1, -0.05) is 5.16 Å². The monoisotopic (exact) mass is 384 g/mol. The van der Waals surface area contributed by atoms with Crippen molar-refractivity contribution in [1.82, 2.24) is 0 Å². The topological polar surface area (TPSA) is 100 Å². The average molecular weight is 384 g/mol. The van der Waals surface area contributed by atoms with E-state index in [1.807, 2.05) is 19.1 Å². The summed E-state index contributed by atoms with van der Waals surface area (Å²) < 4.78 is 10.3. The molecule has 0 fully saturated rings. The summed E-state index contributed by atoms with van der Waals surface area (Å²) in [6.07, 6.45) is 2.45. The van der Waals surface area contributed by atoms with E-state index in [0.717, 1.165) is 41.3 Å². The number of nitro groups is 1. The van der Waals surface area contributed by atoms with Gasteiger partial charge < -0.3 is 14.3 Å². The molecule has 1 aliphatic rings. The van der Waals surface area contributed by atoms with Crippen molar-refractivity contribution in [2.24, 2.45) is 5.16 Å². The molecule has 0 aliphatic heterocycles. The fourth-order valence-electron chi connectivity index (χ4n) is 3.32. The van der Waals surface area contributed by atoms with Crippen molar-refractivity contribution in [3.8, 4) is 11.5 Å². The maximum atomic E-state index is 12.3. The predicted molar refractivity (Wildman–Crippen MR) is 102 cm³/mol. The lowest BCUT2D eigenvalue weighted by Crippen LogP contribution is -2.15. The third-order valence-electron chi connectivity index (χ3n) is 4.77. The lowest BCUT2D eigenvalue weighted by Gasteiger charge is -2.20. The van der Waals surface area contributed by atoms with E-state index in [-0.39, 0.29) is 17.0 Å². The minimum Gasteiger partial charge on any atom is -0.496 e. The second kappa shape index (κ2) is 8.08. The van der Waals surface area contributed by atoms with E-state index in [2.05, 4.69) is 5.16 Å². The molecule has 2 aromatic rings. The van der Waals surface area contributed by atoms with Crippen LogP contribution in [-0.4, -0.2) is 30.8 Å². The van der Waals surface area contributed by atoms with Gasteiger partial charge in [0.15, 0.2) is 5.75 Å². The van der Waals surface area contributed by atoms with E-state index >= 15 is 0 Å². The van der Waals surface area contributed by atoms with Gasteiger partial charge in [0.2, 0.25) is 0 Å². The van der Waals surface area contributed by atoms with Crippen LogP contribution in [0.4, 0.5) is 5.69 Å². The normalized spacial score (nSPS) is 14.3. The zero-order valence-corrected chi connectivity index (χ0v) is 15.9. The van der Waals surface area contributed by atoms with Gasteiger partial charge in [-0.25, -0.2) is 4.79 Å². The highest BCUT2D eigenvalue weighted by Crippen LogP contribution is 2.31. The Morgan fingerprint density at radius 2 is 1.82 bits per heavy atom. The molecule has 0 amide bonds. The number of nitrogens with zero attached hydrogens (tertiary/aromatic N) is 2. The van der Waals surface area contributed by atoms with Crippen molar-refractivity contribution in [2.75, 3.05) is 14.2 Å². The molecular weight excluding hydrogens is 364 g/mol. The number of fused-ring (bicyclic) bond motifs is 1. The van der Waals surface area contributed by atoms with Crippen LogP contribution >= 0.6 is 0 Å². The molecule has 0 bridgehead atoms. The second-order valence-electron chi connectivity index (χ2n) is 6.33. The zero-order chi connectivity index (χ0) is 20.3. The number of oxime groups is 1. The molecule has 0 spiro atoms. The Morgan fingerprint density at radius 3 is 2.50 bits per heavy atom. The Morgan fingerprint density at radius 1 is 1.11 bits per heavy atom. The summed E-state index contributed by atoms with van der Waals surface area (Å²) in [6.45, 7) is 1.99. The predicted octanol–water partition coefficient (Wildman–Crippen LogP) is 3.82. The van der Waals surface area contributed by atoms with E-state index in [4.69, 9.17) is 14.3 Å². The number of hydrogen-bond donors (Lipinski definition) is 0. The lowest BCUT2D eigenvalue weighted by molar-refractivity contribution is -0.385. The number of rotatable bonds is 5. The quantitative estimate of drug-likeness (QED) is 0.441. The molecule has 1 aliphatic carbocycles. The molecule has 0 aromatic heterocycles. The molecule has 28 heavy (non-hydrogen) atoms. The van der Waals surface area contributed by atoms with Crippen LogP contribution in [0.2, 0.25) is 0 Å². The molecule has 146 valence electrons. The van der Waals surface area contributed by atoms with Crippen LogP contribution in [0.3, 0.4) is 0 Å². The summed E-state index contributed by atoms with van der Waals surface area (Å²) >= 11 is 0. The first-order valence-electron chi connectivity index (χ1n) is 8.73. The highest BCUT2D eigenvalue weighted by molar-refractivity contribution is 6.03. The molecule has 0 N–H and O–H groups in total. The first-order valence-corrected chi connectivity index (χ1v) is 8.73. The number of hydrogen-bond acceptors (Lipinski definition) is 7. The first kappa shape index (κ1) is 19.3. The molecule has 0 atom stereocenters. The number of nitro benzene ring substituents is 1. The maximum Gasteiger partial charge on any atom is 0.365 e. The Hall–Kier alpha value is -3.42. The highest BCUT2D eigenvalue weighted by atomic mass is 16.7. The van der Waals surface area contributed by atoms with E-state index in [1.54, 1.807) is 7.11 Å². The lowest BCUT2D eigenvalue weighted by atomic mass is 9.87. The van der Waals surface area contributed by atoms with Crippen molar-refractivity contribution in [2.45, 2.75) is 26.2 Å². The SMILES string of the molecule is COc1ccc(C(=O)ON=C2CCCc3c2ccc(OC)c3C)cc1[N+](=O)[O-]. The smallest absolute Gasteiger partial charge is 0.365 e. The molecule has 3 rings (SSSR count). The first-order chi connectivity index (χ1) is 13.5. The summed E-state index contributed by atoms with van der Waals surface area (Å²) in [4.78, 5) is 27.9. The van der Waals surface area contributed by atoms with Gasteiger partial charge in [-0.3, -0.25) is 10.1 Å². The van der Waals surface area contributed by atoms with Gasteiger partial charge >= 0.3 is 11.7 Å². The van der Waals surface area contributed by atoms with Gasteiger partial charge in [-0.2, -0.15) is 0 Å².